The quantitative estimate of drug-likeness (QED) is 0.808. The van der Waals surface area contributed by atoms with Gasteiger partial charge in [0.1, 0.15) is 0 Å². The fourth-order valence-electron chi connectivity index (χ4n) is 2.14. The summed E-state index contributed by atoms with van der Waals surface area (Å²) in [4.78, 5) is 0. The van der Waals surface area contributed by atoms with Crippen LogP contribution in [0.1, 0.15) is 31.2 Å². The van der Waals surface area contributed by atoms with Gasteiger partial charge in [-0.25, -0.2) is 0 Å². The van der Waals surface area contributed by atoms with Crippen molar-refractivity contribution >= 4 is 38.9 Å². The van der Waals surface area contributed by atoms with Crippen LogP contribution in [0.15, 0.2) is 22.7 Å². The fourth-order valence-corrected chi connectivity index (χ4v) is 2.78. The molecule has 1 saturated carbocycles. The minimum Gasteiger partial charge on any atom is -0.360 e. The van der Waals surface area contributed by atoms with Crippen molar-refractivity contribution < 1.29 is 0 Å². The van der Waals surface area contributed by atoms with Gasteiger partial charge in [-0.3, -0.25) is 0 Å². The third kappa shape index (κ3) is 3.68. The highest BCUT2D eigenvalue weighted by molar-refractivity contribution is 9.10. The Kier molecular flexibility index (Phi) is 4.40. The van der Waals surface area contributed by atoms with E-state index in [0.29, 0.717) is 6.04 Å². The zero-order chi connectivity index (χ0) is 12.3. The summed E-state index contributed by atoms with van der Waals surface area (Å²) in [5.41, 5.74) is 2.26. The number of benzene rings is 1. The highest BCUT2D eigenvalue weighted by Crippen LogP contribution is 2.21. The van der Waals surface area contributed by atoms with Crippen molar-refractivity contribution in [3.8, 4) is 0 Å². The molecular formula is C13H17BrN2S. The minimum absolute atomic E-state index is 0.558. The molecule has 1 fully saturated rings. The van der Waals surface area contributed by atoms with Crippen molar-refractivity contribution in [2.45, 2.75) is 38.6 Å². The van der Waals surface area contributed by atoms with E-state index in [1.807, 2.05) is 6.07 Å². The van der Waals surface area contributed by atoms with Gasteiger partial charge in [0, 0.05) is 16.2 Å². The van der Waals surface area contributed by atoms with Gasteiger partial charge in [0.25, 0.3) is 0 Å². The summed E-state index contributed by atoms with van der Waals surface area (Å²) in [6, 6.07) is 6.72. The average molecular weight is 313 g/mol. The van der Waals surface area contributed by atoms with Gasteiger partial charge < -0.3 is 10.6 Å². The molecule has 2 N–H and O–H groups in total. The monoisotopic (exact) mass is 312 g/mol. The molecule has 0 aromatic heterocycles. The van der Waals surface area contributed by atoms with Crippen LogP contribution >= 0.6 is 28.1 Å². The van der Waals surface area contributed by atoms with Crippen LogP contribution < -0.4 is 10.6 Å². The van der Waals surface area contributed by atoms with Gasteiger partial charge >= 0.3 is 0 Å². The number of halogens is 1. The van der Waals surface area contributed by atoms with E-state index < -0.39 is 0 Å². The first-order valence-corrected chi connectivity index (χ1v) is 7.19. The summed E-state index contributed by atoms with van der Waals surface area (Å²) in [7, 11) is 0. The lowest BCUT2D eigenvalue weighted by atomic mass is 10.2. The molecular weight excluding hydrogens is 296 g/mol. The first-order chi connectivity index (χ1) is 8.15. The van der Waals surface area contributed by atoms with E-state index in [2.05, 4.69) is 45.6 Å². The molecule has 0 radical (unpaired) electrons. The molecule has 2 nitrogen and oxygen atoms in total. The molecule has 1 aromatic carbocycles. The van der Waals surface area contributed by atoms with E-state index in [1.54, 1.807) is 0 Å². The van der Waals surface area contributed by atoms with Gasteiger partial charge in [-0.15, -0.1) is 0 Å². The van der Waals surface area contributed by atoms with Crippen molar-refractivity contribution in [2.24, 2.45) is 0 Å². The molecule has 92 valence electrons. The van der Waals surface area contributed by atoms with E-state index in [4.69, 9.17) is 12.2 Å². The number of rotatable bonds is 2. The van der Waals surface area contributed by atoms with E-state index in [9.17, 15) is 0 Å². The van der Waals surface area contributed by atoms with Crippen molar-refractivity contribution in [1.82, 2.24) is 5.32 Å². The molecule has 0 unspecified atom stereocenters. The summed E-state index contributed by atoms with van der Waals surface area (Å²) in [6.07, 6.45) is 5.10. The number of nitrogens with one attached hydrogen (secondary N) is 2. The fraction of sp³-hybridized carbons (Fsp3) is 0.462. The highest BCUT2D eigenvalue weighted by Gasteiger charge is 2.15. The van der Waals surface area contributed by atoms with E-state index in [-0.39, 0.29) is 0 Å². The van der Waals surface area contributed by atoms with Crippen LogP contribution in [0.3, 0.4) is 0 Å². The first kappa shape index (κ1) is 12.8. The number of hydrogen-bond acceptors (Lipinski definition) is 1. The lowest BCUT2D eigenvalue weighted by molar-refractivity contribution is 0.634. The molecule has 1 aromatic rings. The molecule has 1 aliphatic rings. The molecule has 17 heavy (non-hydrogen) atoms. The lowest BCUT2D eigenvalue weighted by Crippen LogP contribution is -2.36. The molecule has 2 rings (SSSR count). The lowest BCUT2D eigenvalue weighted by Gasteiger charge is -2.17. The van der Waals surface area contributed by atoms with Gasteiger partial charge in [0.15, 0.2) is 5.11 Å². The molecule has 0 spiro atoms. The molecule has 0 amide bonds. The molecule has 0 heterocycles. The van der Waals surface area contributed by atoms with Crippen LogP contribution in [-0.4, -0.2) is 11.2 Å². The smallest absolute Gasteiger partial charge is 0.171 e. The second-order valence-corrected chi connectivity index (χ2v) is 5.86. The van der Waals surface area contributed by atoms with Crippen molar-refractivity contribution in [2.75, 3.05) is 5.32 Å². The summed E-state index contributed by atoms with van der Waals surface area (Å²) < 4.78 is 1.06. The van der Waals surface area contributed by atoms with Gasteiger partial charge in [-0.1, -0.05) is 34.8 Å². The third-order valence-corrected chi connectivity index (χ3v) is 3.85. The first-order valence-electron chi connectivity index (χ1n) is 5.99. The molecule has 0 bridgehead atoms. The zero-order valence-corrected chi connectivity index (χ0v) is 12.3. The van der Waals surface area contributed by atoms with E-state index in [0.717, 1.165) is 15.3 Å². The van der Waals surface area contributed by atoms with Gasteiger partial charge in [-0.05, 0) is 49.7 Å². The Balaban J connectivity index is 1.95. The predicted octanol–water partition coefficient (Wildman–Crippen LogP) is 3.99. The highest BCUT2D eigenvalue weighted by atomic mass is 79.9. The van der Waals surface area contributed by atoms with Crippen LogP contribution in [0.25, 0.3) is 0 Å². The molecule has 0 aliphatic heterocycles. The Bertz CT molecular complexity index is 414. The summed E-state index contributed by atoms with van der Waals surface area (Å²) in [5, 5.41) is 7.38. The molecule has 4 heteroatoms. The number of anilines is 1. The van der Waals surface area contributed by atoms with Crippen LogP contribution in [0.5, 0.6) is 0 Å². The summed E-state index contributed by atoms with van der Waals surface area (Å²) in [6.45, 7) is 2.08. The largest absolute Gasteiger partial charge is 0.360 e. The summed E-state index contributed by atoms with van der Waals surface area (Å²) >= 11 is 8.81. The molecule has 0 atom stereocenters. The SMILES string of the molecule is Cc1ccc(Br)cc1NC(=S)NC1CCCC1. The topological polar surface area (TPSA) is 24.1 Å². The summed E-state index contributed by atoms with van der Waals surface area (Å²) in [5.74, 6) is 0. The number of hydrogen-bond donors (Lipinski definition) is 2. The zero-order valence-electron chi connectivity index (χ0n) is 9.92. The Morgan fingerprint density at radius 2 is 2.06 bits per heavy atom. The molecule has 0 saturated heterocycles. The molecule has 1 aliphatic carbocycles. The second-order valence-electron chi connectivity index (χ2n) is 4.54. The third-order valence-electron chi connectivity index (χ3n) is 3.14. The maximum Gasteiger partial charge on any atom is 0.171 e. The van der Waals surface area contributed by atoms with E-state index in [1.165, 1.54) is 31.2 Å². The van der Waals surface area contributed by atoms with Crippen molar-refractivity contribution in [3.05, 3.63) is 28.2 Å². The van der Waals surface area contributed by atoms with Crippen LogP contribution in [0.2, 0.25) is 0 Å². The number of thiocarbonyl (C=S) groups is 1. The Morgan fingerprint density at radius 1 is 1.35 bits per heavy atom. The van der Waals surface area contributed by atoms with Gasteiger partial charge in [0.2, 0.25) is 0 Å². The van der Waals surface area contributed by atoms with Crippen LogP contribution in [0, 0.1) is 6.92 Å². The van der Waals surface area contributed by atoms with Gasteiger partial charge in [-0.2, -0.15) is 0 Å². The number of aryl methyl sites for hydroxylation is 1. The van der Waals surface area contributed by atoms with Crippen molar-refractivity contribution in [1.29, 1.82) is 0 Å². The maximum absolute atomic E-state index is 5.34. The predicted molar refractivity (Wildman–Crippen MR) is 80.5 cm³/mol. The second kappa shape index (κ2) is 5.83. The Hall–Kier alpha value is -0.610. The normalized spacial score (nSPS) is 15.9. The average Bonchev–Trinajstić information content (AvgIpc) is 2.76. The van der Waals surface area contributed by atoms with Crippen LogP contribution in [-0.2, 0) is 0 Å². The van der Waals surface area contributed by atoms with Gasteiger partial charge in [0.05, 0.1) is 0 Å². The minimum atomic E-state index is 0.558. The standard InChI is InChI=1S/C13H17BrN2S/c1-9-6-7-10(14)8-12(9)16-13(17)15-11-4-2-3-5-11/h6-8,11H,2-5H2,1H3,(H2,15,16,17). The van der Waals surface area contributed by atoms with Crippen molar-refractivity contribution in [3.63, 3.8) is 0 Å². The Labute approximate surface area is 116 Å². The maximum atomic E-state index is 5.34. The van der Waals surface area contributed by atoms with Crippen LogP contribution in [0.4, 0.5) is 5.69 Å². The van der Waals surface area contributed by atoms with E-state index >= 15 is 0 Å². The Morgan fingerprint density at radius 3 is 2.76 bits per heavy atom.